The van der Waals surface area contributed by atoms with Crippen LogP contribution in [0.2, 0.25) is 0 Å². The third kappa shape index (κ3) is 3.97. The molecule has 3 heterocycles. The number of fused-ring (bicyclic) bond motifs is 6. The third-order valence-electron chi connectivity index (χ3n) is 7.17. The fourth-order valence-corrected chi connectivity index (χ4v) is 5.30. The summed E-state index contributed by atoms with van der Waals surface area (Å²) < 4.78 is 6.28. The molecule has 0 fully saturated rings. The van der Waals surface area contributed by atoms with Gasteiger partial charge in [0.2, 0.25) is 0 Å². The van der Waals surface area contributed by atoms with Crippen LogP contribution in [0, 0.1) is 0 Å². The molecule has 0 atom stereocenters. The Kier molecular flexibility index (Phi) is 5.80. The number of aromatic nitrogens is 2. The van der Waals surface area contributed by atoms with Gasteiger partial charge in [0.1, 0.15) is 18.2 Å². The summed E-state index contributed by atoms with van der Waals surface area (Å²) in [5, 5.41) is 2.56. The first-order valence-corrected chi connectivity index (χ1v) is 12.9. The van der Waals surface area contributed by atoms with E-state index in [9.17, 15) is 0 Å². The molecule has 4 heteroatoms. The highest BCUT2D eigenvalue weighted by molar-refractivity contribution is 6.03. The van der Waals surface area contributed by atoms with Crippen LogP contribution in [-0.4, -0.2) is 15.7 Å². The first kappa shape index (κ1) is 22.5. The number of imidazole rings is 1. The van der Waals surface area contributed by atoms with Crippen molar-refractivity contribution in [1.29, 1.82) is 0 Å². The predicted octanol–water partition coefficient (Wildman–Crippen LogP) is 8.59. The number of rotatable bonds is 6. The van der Waals surface area contributed by atoms with Gasteiger partial charge in [-0.25, -0.2) is 4.98 Å². The van der Waals surface area contributed by atoms with Gasteiger partial charge in [-0.2, -0.15) is 0 Å². The first-order valence-electron chi connectivity index (χ1n) is 12.9. The zero-order chi connectivity index (χ0) is 24.6. The van der Waals surface area contributed by atoms with Crippen molar-refractivity contribution in [2.24, 2.45) is 4.99 Å². The summed E-state index contributed by atoms with van der Waals surface area (Å²) in [7, 11) is 0. The normalized spacial score (nSPS) is 14.5. The lowest BCUT2D eigenvalue weighted by molar-refractivity contribution is 0.302. The van der Waals surface area contributed by atoms with Crippen LogP contribution in [0.15, 0.2) is 71.9 Å². The molecule has 6 rings (SSSR count). The van der Waals surface area contributed by atoms with Gasteiger partial charge in [-0.3, -0.25) is 4.99 Å². The van der Waals surface area contributed by atoms with Gasteiger partial charge >= 0.3 is 0 Å². The number of hydrogen-bond donors (Lipinski definition) is 1. The van der Waals surface area contributed by atoms with E-state index in [1.807, 2.05) is 6.20 Å². The quantitative estimate of drug-likeness (QED) is 0.285. The average molecular weight is 474 g/mol. The zero-order valence-corrected chi connectivity index (χ0v) is 21.2. The van der Waals surface area contributed by atoms with E-state index in [0.29, 0.717) is 6.61 Å². The van der Waals surface area contributed by atoms with E-state index in [1.54, 1.807) is 0 Å². The van der Waals surface area contributed by atoms with Gasteiger partial charge < -0.3 is 9.72 Å². The van der Waals surface area contributed by atoms with E-state index in [1.165, 1.54) is 38.7 Å². The van der Waals surface area contributed by atoms with E-state index >= 15 is 0 Å². The fourth-order valence-electron chi connectivity index (χ4n) is 5.30. The highest BCUT2D eigenvalue weighted by atomic mass is 16.5. The van der Waals surface area contributed by atoms with E-state index in [-0.39, 0.29) is 0 Å². The van der Waals surface area contributed by atoms with Crippen molar-refractivity contribution in [3.8, 4) is 28.1 Å². The smallest absolute Gasteiger partial charge is 0.133 e. The Morgan fingerprint density at radius 2 is 1.94 bits per heavy atom. The zero-order valence-electron chi connectivity index (χ0n) is 21.2. The van der Waals surface area contributed by atoms with Crippen molar-refractivity contribution in [3.63, 3.8) is 0 Å². The van der Waals surface area contributed by atoms with Gasteiger partial charge in [0.25, 0.3) is 0 Å². The second-order valence-corrected chi connectivity index (χ2v) is 9.67. The largest absolute Gasteiger partial charge is 0.488 e. The standard InChI is InChI=1S/C32H31N3O/c1-4-6-7-9-24-17-28-26-15-23-19-36-31-16-22(30-18-33-32(35-30)20(3)8-5-2)10-12-25(31)27(23)14-21(26)11-13-29(28)34-24/h6-8,10-16,18H,4-5,9,17,19H2,1-3H3,(H,33,35). The molecule has 180 valence electrons. The number of nitrogens with one attached hydrogen (secondary N) is 1. The third-order valence-corrected chi connectivity index (χ3v) is 7.17. The highest BCUT2D eigenvalue weighted by Crippen LogP contribution is 2.43. The van der Waals surface area contributed by atoms with E-state index in [0.717, 1.165) is 59.8 Å². The minimum Gasteiger partial charge on any atom is -0.488 e. The van der Waals surface area contributed by atoms with E-state index in [2.05, 4.69) is 91.4 Å². The molecular formula is C32H31N3O. The van der Waals surface area contributed by atoms with Crippen LogP contribution < -0.4 is 4.74 Å². The summed E-state index contributed by atoms with van der Waals surface area (Å²) in [6, 6.07) is 15.5. The van der Waals surface area contributed by atoms with Gasteiger partial charge in [0.15, 0.2) is 0 Å². The SMILES string of the molecule is CCC=CCC1=Nc2ccc3cc4c(cc3c2C1)COc1cc(-c2cnc(C(C)=CCC)[nH]2)ccc1-4. The van der Waals surface area contributed by atoms with Crippen molar-refractivity contribution in [3.05, 3.63) is 83.8 Å². The first-order chi connectivity index (χ1) is 17.6. The molecule has 0 radical (unpaired) electrons. The van der Waals surface area contributed by atoms with Gasteiger partial charge in [-0.1, -0.05) is 44.2 Å². The summed E-state index contributed by atoms with van der Waals surface area (Å²) >= 11 is 0. The number of ether oxygens (including phenoxy) is 1. The minimum absolute atomic E-state index is 0.574. The van der Waals surface area contributed by atoms with Gasteiger partial charge in [-0.05, 0) is 83.1 Å². The van der Waals surface area contributed by atoms with Crippen LogP contribution in [0.25, 0.3) is 38.7 Å². The maximum atomic E-state index is 6.28. The van der Waals surface area contributed by atoms with E-state index < -0.39 is 0 Å². The molecule has 4 nitrogen and oxygen atoms in total. The number of aromatic amines is 1. The molecule has 3 aromatic carbocycles. The van der Waals surface area contributed by atoms with Crippen molar-refractivity contribution in [2.45, 2.75) is 53.1 Å². The number of aliphatic imine (C=N–C) groups is 1. The second kappa shape index (κ2) is 9.27. The summed E-state index contributed by atoms with van der Waals surface area (Å²) in [4.78, 5) is 12.9. The summed E-state index contributed by atoms with van der Waals surface area (Å²) in [6.45, 7) is 6.97. The van der Waals surface area contributed by atoms with Gasteiger partial charge in [-0.15, -0.1) is 0 Å². The van der Waals surface area contributed by atoms with Crippen LogP contribution in [-0.2, 0) is 13.0 Å². The number of nitrogens with zero attached hydrogens (tertiary/aromatic N) is 2. The summed E-state index contributed by atoms with van der Waals surface area (Å²) in [6.07, 6.45) is 12.5. The molecule has 0 spiro atoms. The Hall–Kier alpha value is -3.92. The van der Waals surface area contributed by atoms with Crippen LogP contribution >= 0.6 is 0 Å². The number of hydrogen-bond acceptors (Lipinski definition) is 3. The minimum atomic E-state index is 0.574. The molecule has 1 aromatic heterocycles. The molecule has 2 aliphatic heterocycles. The highest BCUT2D eigenvalue weighted by Gasteiger charge is 2.22. The lowest BCUT2D eigenvalue weighted by atomic mass is 9.90. The van der Waals surface area contributed by atoms with Crippen molar-refractivity contribution < 1.29 is 4.74 Å². The molecule has 1 N–H and O–H groups in total. The lowest BCUT2D eigenvalue weighted by Crippen LogP contribution is -2.06. The maximum absolute atomic E-state index is 6.28. The molecule has 0 bridgehead atoms. The molecule has 0 aliphatic carbocycles. The predicted molar refractivity (Wildman–Crippen MR) is 150 cm³/mol. The topological polar surface area (TPSA) is 50.3 Å². The summed E-state index contributed by atoms with van der Waals surface area (Å²) in [5.74, 6) is 1.84. The van der Waals surface area contributed by atoms with E-state index in [4.69, 9.17) is 9.73 Å². The Morgan fingerprint density at radius 1 is 1.03 bits per heavy atom. The Labute approximate surface area is 212 Å². The fraction of sp³-hybridized carbons (Fsp3) is 0.250. The number of allylic oxidation sites excluding steroid dienone is 4. The molecule has 0 saturated heterocycles. The van der Waals surface area contributed by atoms with Crippen LogP contribution in [0.4, 0.5) is 5.69 Å². The number of H-pyrrole nitrogens is 1. The second-order valence-electron chi connectivity index (χ2n) is 9.67. The van der Waals surface area contributed by atoms with Gasteiger partial charge in [0.05, 0.1) is 17.6 Å². The maximum Gasteiger partial charge on any atom is 0.133 e. The van der Waals surface area contributed by atoms with Crippen molar-refractivity contribution >= 4 is 27.7 Å². The Bertz CT molecular complexity index is 1570. The van der Waals surface area contributed by atoms with Gasteiger partial charge in [0, 0.05) is 29.7 Å². The monoisotopic (exact) mass is 473 g/mol. The number of benzene rings is 3. The Balaban J connectivity index is 1.33. The lowest BCUT2D eigenvalue weighted by Gasteiger charge is -2.22. The van der Waals surface area contributed by atoms with Crippen LogP contribution in [0.1, 0.15) is 57.0 Å². The molecule has 0 saturated carbocycles. The average Bonchev–Trinajstić information content (AvgIpc) is 3.55. The molecule has 0 unspecified atom stereocenters. The molecule has 2 aliphatic rings. The van der Waals surface area contributed by atoms with Crippen LogP contribution in [0.3, 0.4) is 0 Å². The Morgan fingerprint density at radius 3 is 2.81 bits per heavy atom. The molecule has 36 heavy (non-hydrogen) atoms. The molecule has 4 aromatic rings. The summed E-state index contributed by atoms with van der Waals surface area (Å²) in [5.41, 5.74) is 10.6. The molecular weight excluding hydrogens is 442 g/mol. The molecule has 0 amide bonds. The van der Waals surface area contributed by atoms with Crippen molar-refractivity contribution in [1.82, 2.24) is 9.97 Å². The van der Waals surface area contributed by atoms with Crippen LogP contribution in [0.5, 0.6) is 5.75 Å². The van der Waals surface area contributed by atoms with Crippen molar-refractivity contribution in [2.75, 3.05) is 0 Å².